The maximum Gasteiger partial charge on any atom is 0.337 e. The molecular weight excluding hydrogens is 314 g/mol. The minimum Gasteiger partial charge on any atom is -0.483 e. The van der Waals surface area contributed by atoms with Crippen molar-refractivity contribution in [1.82, 2.24) is 5.32 Å². The van der Waals surface area contributed by atoms with Gasteiger partial charge in [0, 0.05) is 6.54 Å². The lowest BCUT2D eigenvalue weighted by molar-refractivity contribution is -0.123. The number of halogens is 1. The van der Waals surface area contributed by atoms with Crippen LogP contribution in [0, 0.1) is 0 Å². The summed E-state index contributed by atoms with van der Waals surface area (Å²) in [5.74, 6) is -0.0990. The third-order valence-electron chi connectivity index (χ3n) is 2.28. The van der Waals surface area contributed by atoms with Gasteiger partial charge in [0.15, 0.2) is 6.61 Å². The smallest absolute Gasteiger partial charge is 0.337 e. The van der Waals surface area contributed by atoms with Crippen LogP contribution in [0.3, 0.4) is 0 Å². The maximum absolute atomic E-state index is 11.4. The first-order valence-corrected chi connectivity index (χ1v) is 6.65. The van der Waals surface area contributed by atoms with Gasteiger partial charge in [-0.3, -0.25) is 4.79 Å². The van der Waals surface area contributed by atoms with E-state index in [-0.39, 0.29) is 12.5 Å². The summed E-state index contributed by atoms with van der Waals surface area (Å²) in [5, 5.41) is 2.71. The second-order valence-corrected chi connectivity index (χ2v) is 4.63. The van der Waals surface area contributed by atoms with Gasteiger partial charge in [0.25, 0.3) is 5.91 Å². The number of benzene rings is 1. The highest BCUT2D eigenvalue weighted by molar-refractivity contribution is 9.10. The van der Waals surface area contributed by atoms with Gasteiger partial charge in [0.1, 0.15) is 5.75 Å². The van der Waals surface area contributed by atoms with Crippen molar-refractivity contribution in [2.75, 3.05) is 20.3 Å². The molecule has 1 amide bonds. The maximum atomic E-state index is 11.4. The third-order valence-corrected chi connectivity index (χ3v) is 2.90. The standard InChI is InChI=1S/C13H16BrNO4/c1-3-6-15-12(16)8-19-11-5-4-9(7-10(11)14)13(17)18-2/h4-5,7H,3,6,8H2,1-2H3,(H,15,16). The van der Waals surface area contributed by atoms with Crippen molar-refractivity contribution in [1.29, 1.82) is 0 Å². The summed E-state index contributed by atoms with van der Waals surface area (Å²) in [6.45, 7) is 2.55. The zero-order valence-electron chi connectivity index (χ0n) is 10.9. The van der Waals surface area contributed by atoms with E-state index in [1.807, 2.05) is 6.92 Å². The van der Waals surface area contributed by atoms with E-state index >= 15 is 0 Å². The lowest BCUT2D eigenvalue weighted by atomic mass is 10.2. The summed E-state index contributed by atoms with van der Waals surface area (Å²) in [7, 11) is 1.32. The summed E-state index contributed by atoms with van der Waals surface area (Å²) >= 11 is 3.28. The third kappa shape index (κ3) is 4.90. The molecule has 0 saturated heterocycles. The molecule has 0 bridgehead atoms. The molecule has 0 unspecified atom stereocenters. The van der Waals surface area contributed by atoms with E-state index < -0.39 is 5.97 Å². The molecule has 0 heterocycles. The van der Waals surface area contributed by atoms with Crippen LogP contribution in [-0.2, 0) is 9.53 Å². The predicted molar refractivity (Wildman–Crippen MR) is 74.3 cm³/mol. The van der Waals surface area contributed by atoms with E-state index in [9.17, 15) is 9.59 Å². The first-order chi connectivity index (χ1) is 9.08. The largest absolute Gasteiger partial charge is 0.483 e. The Labute approximate surface area is 120 Å². The Balaban J connectivity index is 2.60. The normalized spacial score (nSPS) is 9.84. The van der Waals surface area contributed by atoms with Crippen molar-refractivity contribution in [3.8, 4) is 5.75 Å². The molecular formula is C13H16BrNO4. The van der Waals surface area contributed by atoms with Crippen molar-refractivity contribution >= 4 is 27.8 Å². The van der Waals surface area contributed by atoms with Crippen LogP contribution in [0.5, 0.6) is 5.75 Å². The van der Waals surface area contributed by atoms with Crippen molar-refractivity contribution in [2.24, 2.45) is 0 Å². The van der Waals surface area contributed by atoms with E-state index in [2.05, 4.69) is 26.0 Å². The molecule has 1 rings (SSSR count). The molecule has 0 spiro atoms. The Bertz CT molecular complexity index is 462. The monoisotopic (exact) mass is 329 g/mol. The van der Waals surface area contributed by atoms with Crippen molar-refractivity contribution in [2.45, 2.75) is 13.3 Å². The van der Waals surface area contributed by atoms with Gasteiger partial charge < -0.3 is 14.8 Å². The number of methoxy groups -OCH3 is 1. The number of ether oxygens (including phenoxy) is 2. The molecule has 0 atom stereocenters. The Morgan fingerprint density at radius 2 is 2.11 bits per heavy atom. The topological polar surface area (TPSA) is 64.6 Å². The minimum atomic E-state index is -0.423. The Morgan fingerprint density at radius 3 is 2.68 bits per heavy atom. The average Bonchev–Trinajstić information content (AvgIpc) is 2.42. The summed E-state index contributed by atoms with van der Waals surface area (Å²) in [4.78, 5) is 22.7. The summed E-state index contributed by atoms with van der Waals surface area (Å²) in [5.41, 5.74) is 0.414. The molecule has 0 aliphatic rings. The number of carbonyl (C=O) groups is 2. The fraction of sp³-hybridized carbons (Fsp3) is 0.385. The van der Waals surface area contributed by atoms with E-state index in [4.69, 9.17) is 4.74 Å². The SMILES string of the molecule is CCCNC(=O)COc1ccc(C(=O)OC)cc1Br. The van der Waals surface area contributed by atoms with Gasteiger partial charge in [-0.05, 0) is 40.5 Å². The van der Waals surface area contributed by atoms with Crippen molar-refractivity contribution in [3.05, 3.63) is 28.2 Å². The number of rotatable bonds is 6. The van der Waals surface area contributed by atoms with Crippen LogP contribution in [0.1, 0.15) is 23.7 Å². The van der Waals surface area contributed by atoms with Gasteiger partial charge in [-0.25, -0.2) is 4.79 Å². The number of esters is 1. The van der Waals surface area contributed by atoms with Crippen molar-refractivity contribution in [3.63, 3.8) is 0 Å². The number of nitrogens with one attached hydrogen (secondary N) is 1. The first kappa shape index (κ1) is 15.5. The van der Waals surface area contributed by atoms with Gasteiger partial charge in [-0.15, -0.1) is 0 Å². The zero-order chi connectivity index (χ0) is 14.3. The van der Waals surface area contributed by atoms with Crippen LogP contribution >= 0.6 is 15.9 Å². The molecule has 0 aromatic heterocycles. The van der Waals surface area contributed by atoms with Crippen molar-refractivity contribution < 1.29 is 19.1 Å². The number of hydrogen-bond donors (Lipinski definition) is 1. The lowest BCUT2D eigenvalue weighted by Gasteiger charge is -2.09. The van der Waals surface area contributed by atoms with Crippen LogP contribution < -0.4 is 10.1 Å². The second-order valence-electron chi connectivity index (χ2n) is 3.78. The predicted octanol–water partition coefficient (Wildman–Crippen LogP) is 2.14. The molecule has 19 heavy (non-hydrogen) atoms. The highest BCUT2D eigenvalue weighted by Crippen LogP contribution is 2.26. The summed E-state index contributed by atoms with van der Waals surface area (Å²) in [6.07, 6.45) is 0.878. The quantitative estimate of drug-likeness (QED) is 0.812. The molecule has 0 aliphatic heterocycles. The number of hydrogen-bond acceptors (Lipinski definition) is 4. The van der Waals surface area contributed by atoms with Crippen LogP contribution in [-0.4, -0.2) is 32.1 Å². The Hall–Kier alpha value is -1.56. The highest BCUT2D eigenvalue weighted by atomic mass is 79.9. The fourth-order valence-electron chi connectivity index (χ4n) is 1.32. The van der Waals surface area contributed by atoms with E-state index in [0.29, 0.717) is 22.3 Å². The van der Waals surface area contributed by atoms with E-state index in [0.717, 1.165) is 6.42 Å². The fourth-order valence-corrected chi connectivity index (χ4v) is 1.81. The van der Waals surface area contributed by atoms with Gasteiger partial charge in [0.2, 0.25) is 0 Å². The second kappa shape index (κ2) is 7.78. The molecule has 6 heteroatoms. The summed E-state index contributed by atoms with van der Waals surface area (Å²) < 4.78 is 10.6. The van der Waals surface area contributed by atoms with Gasteiger partial charge in [-0.1, -0.05) is 6.92 Å². The van der Waals surface area contributed by atoms with Crippen LogP contribution in [0.25, 0.3) is 0 Å². The first-order valence-electron chi connectivity index (χ1n) is 5.85. The van der Waals surface area contributed by atoms with Crippen LogP contribution in [0.2, 0.25) is 0 Å². The molecule has 5 nitrogen and oxygen atoms in total. The molecule has 104 valence electrons. The number of carbonyl (C=O) groups excluding carboxylic acids is 2. The molecule has 0 radical (unpaired) electrons. The average molecular weight is 330 g/mol. The molecule has 1 N–H and O–H groups in total. The molecule has 1 aromatic rings. The minimum absolute atomic E-state index is 0.0594. The number of amides is 1. The molecule has 0 fully saturated rings. The molecule has 0 saturated carbocycles. The Morgan fingerprint density at radius 1 is 1.37 bits per heavy atom. The summed E-state index contributed by atoms with van der Waals surface area (Å²) in [6, 6.07) is 4.78. The van der Waals surface area contributed by atoms with Crippen LogP contribution in [0.15, 0.2) is 22.7 Å². The lowest BCUT2D eigenvalue weighted by Crippen LogP contribution is -2.29. The zero-order valence-corrected chi connectivity index (χ0v) is 12.5. The van der Waals surface area contributed by atoms with E-state index in [1.165, 1.54) is 7.11 Å². The van der Waals surface area contributed by atoms with Gasteiger partial charge >= 0.3 is 5.97 Å². The highest BCUT2D eigenvalue weighted by Gasteiger charge is 2.10. The van der Waals surface area contributed by atoms with E-state index in [1.54, 1.807) is 18.2 Å². The van der Waals surface area contributed by atoms with Gasteiger partial charge in [-0.2, -0.15) is 0 Å². The molecule has 1 aromatic carbocycles. The molecule has 0 aliphatic carbocycles. The van der Waals surface area contributed by atoms with Crippen LogP contribution in [0.4, 0.5) is 0 Å². The Kier molecular flexibility index (Phi) is 6.35. The van der Waals surface area contributed by atoms with Gasteiger partial charge in [0.05, 0.1) is 17.1 Å².